The van der Waals surface area contributed by atoms with Gasteiger partial charge in [0.05, 0.1) is 29.9 Å². The second kappa shape index (κ2) is 17.4. The smallest absolute Gasteiger partial charge is 0.339 e. The van der Waals surface area contributed by atoms with Crippen LogP contribution in [0.3, 0.4) is 0 Å². The number of carbonyl (C=O) groups is 3. The molecule has 2 aromatic carbocycles. The van der Waals surface area contributed by atoms with E-state index in [1.54, 1.807) is 0 Å². The molecule has 0 bridgehead atoms. The Morgan fingerprint density at radius 3 is 1.74 bits per heavy atom. The zero-order valence-corrected chi connectivity index (χ0v) is 23.5. The molecule has 0 saturated carbocycles. The van der Waals surface area contributed by atoms with Gasteiger partial charge in [0.1, 0.15) is 6.61 Å². The molecule has 0 spiro atoms. The number of hydrogen-bond acceptors (Lipinski definition) is 6. The van der Waals surface area contributed by atoms with Crippen molar-refractivity contribution < 1.29 is 28.6 Å². The maximum Gasteiger partial charge on any atom is 0.339 e. The van der Waals surface area contributed by atoms with Crippen LogP contribution in [0.15, 0.2) is 48.5 Å². The predicted molar refractivity (Wildman–Crippen MR) is 149 cm³/mol. The average Bonchev–Trinajstić information content (AvgIpc) is 2.96. The summed E-state index contributed by atoms with van der Waals surface area (Å²) in [6.45, 7) is 9.08. The highest BCUT2D eigenvalue weighted by Gasteiger charge is 2.24. The van der Waals surface area contributed by atoms with Gasteiger partial charge in [0, 0.05) is 0 Å². The molecule has 0 fully saturated rings. The lowest BCUT2D eigenvalue weighted by Gasteiger charge is -2.17. The molecular formula is C32H44O6. The highest BCUT2D eigenvalue weighted by atomic mass is 16.5. The molecule has 0 aliphatic rings. The topological polar surface area (TPSA) is 78.9 Å². The van der Waals surface area contributed by atoms with Gasteiger partial charge in [-0.25, -0.2) is 14.4 Å². The molecule has 0 N–H and O–H groups in total. The fourth-order valence-corrected chi connectivity index (χ4v) is 4.16. The van der Waals surface area contributed by atoms with Gasteiger partial charge in [-0.3, -0.25) is 0 Å². The first-order valence-corrected chi connectivity index (χ1v) is 14.1. The third kappa shape index (κ3) is 10.3. The molecule has 2 rings (SSSR count). The number of unbranched alkanes of at least 4 members (excludes halogenated alkanes) is 2. The van der Waals surface area contributed by atoms with Crippen LogP contribution in [-0.2, 0) is 20.8 Å². The number of rotatable bonds is 17. The lowest BCUT2D eigenvalue weighted by Crippen LogP contribution is -2.20. The minimum absolute atomic E-state index is 0.0242. The Balaban J connectivity index is 2.21. The lowest BCUT2D eigenvalue weighted by atomic mass is 10.00. The number of carbonyl (C=O) groups excluding carboxylic acids is 3. The van der Waals surface area contributed by atoms with Crippen molar-refractivity contribution in [3.8, 4) is 0 Å². The van der Waals surface area contributed by atoms with Gasteiger partial charge in [0.15, 0.2) is 0 Å². The molecule has 0 aliphatic carbocycles. The number of hydrogen-bond donors (Lipinski definition) is 0. The Morgan fingerprint density at radius 2 is 1.21 bits per heavy atom. The zero-order valence-electron chi connectivity index (χ0n) is 23.5. The number of benzene rings is 2. The highest BCUT2D eigenvalue weighted by Crippen LogP contribution is 2.20. The Morgan fingerprint density at radius 1 is 0.658 bits per heavy atom. The Bertz CT molecular complexity index is 1000. The van der Waals surface area contributed by atoms with E-state index in [1.807, 2.05) is 30.3 Å². The maximum absolute atomic E-state index is 13.2. The minimum atomic E-state index is -0.636. The first-order valence-electron chi connectivity index (χ1n) is 14.1. The van der Waals surface area contributed by atoms with Crippen molar-refractivity contribution in [3.05, 3.63) is 70.8 Å². The van der Waals surface area contributed by atoms with E-state index in [1.165, 1.54) is 18.2 Å². The summed E-state index contributed by atoms with van der Waals surface area (Å²) < 4.78 is 16.7. The third-order valence-electron chi connectivity index (χ3n) is 6.89. The molecule has 2 unspecified atom stereocenters. The van der Waals surface area contributed by atoms with E-state index in [-0.39, 0.29) is 41.7 Å². The van der Waals surface area contributed by atoms with E-state index in [0.29, 0.717) is 6.61 Å². The highest BCUT2D eigenvalue weighted by molar-refractivity contribution is 6.05. The van der Waals surface area contributed by atoms with Crippen LogP contribution in [0.2, 0.25) is 0 Å². The monoisotopic (exact) mass is 524 g/mol. The molecule has 0 amide bonds. The van der Waals surface area contributed by atoms with Crippen molar-refractivity contribution in [2.45, 2.75) is 85.7 Å². The lowest BCUT2D eigenvalue weighted by molar-refractivity contribution is 0.0380. The maximum atomic E-state index is 13.2. The summed E-state index contributed by atoms with van der Waals surface area (Å²) in [5.74, 6) is -1.29. The van der Waals surface area contributed by atoms with Crippen molar-refractivity contribution in [3.63, 3.8) is 0 Å². The van der Waals surface area contributed by atoms with Gasteiger partial charge in [-0.2, -0.15) is 0 Å². The van der Waals surface area contributed by atoms with Crippen molar-refractivity contribution in [2.24, 2.45) is 11.8 Å². The molecule has 6 nitrogen and oxygen atoms in total. The molecular weight excluding hydrogens is 480 g/mol. The van der Waals surface area contributed by atoms with Gasteiger partial charge in [0.25, 0.3) is 0 Å². The molecule has 0 saturated heterocycles. The van der Waals surface area contributed by atoms with Gasteiger partial charge in [-0.05, 0) is 48.4 Å². The van der Waals surface area contributed by atoms with Gasteiger partial charge < -0.3 is 14.2 Å². The summed E-state index contributed by atoms with van der Waals surface area (Å²) in [5.41, 5.74) is 1.15. The normalized spacial score (nSPS) is 12.4. The Labute approximate surface area is 228 Å². The third-order valence-corrected chi connectivity index (χ3v) is 6.89. The summed E-state index contributed by atoms with van der Waals surface area (Å²) in [5, 5.41) is 0. The minimum Gasteiger partial charge on any atom is -0.462 e. The van der Waals surface area contributed by atoms with E-state index in [9.17, 15) is 14.4 Å². The van der Waals surface area contributed by atoms with Crippen LogP contribution in [0.25, 0.3) is 0 Å². The first kappa shape index (κ1) is 31.1. The van der Waals surface area contributed by atoms with Gasteiger partial charge in [0.2, 0.25) is 0 Å². The quantitative estimate of drug-likeness (QED) is 0.155. The Kier molecular flexibility index (Phi) is 14.2. The molecule has 0 aliphatic heterocycles. The van der Waals surface area contributed by atoms with Crippen LogP contribution in [0.4, 0.5) is 0 Å². The summed E-state index contributed by atoms with van der Waals surface area (Å²) in [6.07, 6.45) is 8.05. The molecule has 38 heavy (non-hydrogen) atoms. The second-order valence-electron chi connectivity index (χ2n) is 9.85. The summed E-state index contributed by atoms with van der Waals surface area (Å²) in [6, 6.07) is 13.7. The van der Waals surface area contributed by atoms with Crippen molar-refractivity contribution in [2.75, 3.05) is 13.2 Å². The molecule has 2 atom stereocenters. The molecule has 0 heterocycles. The van der Waals surface area contributed by atoms with Crippen LogP contribution in [-0.4, -0.2) is 31.1 Å². The SMILES string of the molecule is CCCCC(CC)COC(=O)c1ccc(C(=O)OCc2ccccc2)cc1C(=O)OCC(CC)CCCC. The van der Waals surface area contributed by atoms with Crippen LogP contribution in [0.5, 0.6) is 0 Å². The van der Waals surface area contributed by atoms with Crippen LogP contribution in [0, 0.1) is 11.8 Å². The Hall–Kier alpha value is -3.15. The van der Waals surface area contributed by atoms with Crippen molar-refractivity contribution >= 4 is 17.9 Å². The average molecular weight is 525 g/mol. The van der Waals surface area contributed by atoms with E-state index in [2.05, 4.69) is 27.7 Å². The van der Waals surface area contributed by atoms with Gasteiger partial charge in [-0.1, -0.05) is 96.6 Å². The van der Waals surface area contributed by atoms with E-state index in [0.717, 1.165) is 56.9 Å². The fourth-order valence-electron chi connectivity index (χ4n) is 4.16. The largest absolute Gasteiger partial charge is 0.462 e. The summed E-state index contributed by atoms with van der Waals surface area (Å²) in [7, 11) is 0. The van der Waals surface area contributed by atoms with E-state index >= 15 is 0 Å². The molecule has 0 radical (unpaired) electrons. The summed E-state index contributed by atoms with van der Waals surface area (Å²) in [4.78, 5) is 39.0. The molecule has 0 aromatic heterocycles. The second-order valence-corrected chi connectivity index (χ2v) is 9.85. The van der Waals surface area contributed by atoms with E-state index in [4.69, 9.17) is 14.2 Å². The molecule has 2 aromatic rings. The zero-order chi connectivity index (χ0) is 27.8. The first-order chi connectivity index (χ1) is 18.4. The van der Waals surface area contributed by atoms with Crippen LogP contribution in [0.1, 0.15) is 116 Å². The predicted octanol–water partition coefficient (Wildman–Crippen LogP) is 7.79. The number of ether oxygens (including phenoxy) is 3. The van der Waals surface area contributed by atoms with Gasteiger partial charge >= 0.3 is 17.9 Å². The van der Waals surface area contributed by atoms with Crippen molar-refractivity contribution in [1.29, 1.82) is 0 Å². The standard InChI is InChI=1S/C32H44O6/c1-5-9-14-24(7-3)21-37-31(34)28-19-18-27(30(33)36-23-26-16-12-11-13-17-26)20-29(28)32(35)38-22-25(8-4)15-10-6-2/h11-13,16-20,24-25H,5-10,14-15,21-23H2,1-4H3. The van der Waals surface area contributed by atoms with Crippen LogP contribution < -0.4 is 0 Å². The fraction of sp³-hybridized carbons (Fsp3) is 0.531. The molecule has 208 valence electrons. The van der Waals surface area contributed by atoms with Gasteiger partial charge in [-0.15, -0.1) is 0 Å². The molecule has 6 heteroatoms. The number of esters is 3. The van der Waals surface area contributed by atoms with E-state index < -0.39 is 17.9 Å². The summed E-state index contributed by atoms with van der Waals surface area (Å²) >= 11 is 0. The van der Waals surface area contributed by atoms with Crippen molar-refractivity contribution in [1.82, 2.24) is 0 Å². The van der Waals surface area contributed by atoms with Crippen LogP contribution >= 0.6 is 0 Å².